The number of nitro groups is 1. The summed E-state index contributed by atoms with van der Waals surface area (Å²) in [5, 5.41) is 24.9. The summed E-state index contributed by atoms with van der Waals surface area (Å²) < 4.78 is 0.488. The molecule has 0 radical (unpaired) electrons. The number of amides is 2. The molecule has 0 spiro atoms. The van der Waals surface area contributed by atoms with Crippen molar-refractivity contribution in [3.8, 4) is 0 Å². The molecular formula is C19H16ClN5O4S2. The maximum Gasteiger partial charge on any atom is 0.273 e. The maximum absolute atomic E-state index is 12.4. The molecule has 9 nitrogen and oxygen atoms in total. The number of halogens is 1. The van der Waals surface area contributed by atoms with Gasteiger partial charge in [-0.05, 0) is 37.6 Å². The summed E-state index contributed by atoms with van der Waals surface area (Å²) >= 11 is 8.31. The zero-order chi connectivity index (χ0) is 22.5. The number of benzene rings is 2. The molecule has 12 heteroatoms. The van der Waals surface area contributed by atoms with E-state index in [1.54, 1.807) is 19.1 Å². The number of aromatic nitrogens is 2. The topological polar surface area (TPSA) is 127 Å². The van der Waals surface area contributed by atoms with Crippen molar-refractivity contribution in [2.75, 3.05) is 16.4 Å². The summed E-state index contributed by atoms with van der Waals surface area (Å²) in [7, 11) is 0. The van der Waals surface area contributed by atoms with Crippen molar-refractivity contribution in [2.45, 2.75) is 18.2 Å². The van der Waals surface area contributed by atoms with Crippen LogP contribution >= 0.6 is 34.7 Å². The fourth-order valence-corrected chi connectivity index (χ4v) is 4.16. The Hall–Kier alpha value is -3.02. The Labute approximate surface area is 190 Å². The number of hydrogen-bond donors (Lipinski definition) is 2. The van der Waals surface area contributed by atoms with E-state index in [2.05, 4.69) is 20.8 Å². The van der Waals surface area contributed by atoms with Crippen LogP contribution in [0, 0.1) is 24.0 Å². The lowest BCUT2D eigenvalue weighted by Gasteiger charge is -2.06. The molecule has 0 saturated heterocycles. The van der Waals surface area contributed by atoms with E-state index < -0.39 is 10.8 Å². The number of thioether (sulfide) groups is 1. The average molecular weight is 478 g/mol. The summed E-state index contributed by atoms with van der Waals surface area (Å²) in [5.74, 6) is -0.680. The van der Waals surface area contributed by atoms with Gasteiger partial charge in [0.2, 0.25) is 11.0 Å². The van der Waals surface area contributed by atoms with E-state index in [1.165, 1.54) is 30.0 Å². The number of hydrogen-bond acceptors (Lipinski definition) is 8. The highest BCUT2D eigenvalue weighted by Crippen LogP contribution is 2.27. The molecule has 1 aromatic heterocycles. The Morgan fingerprint density at radius 3 is 2.58 bits per heavy atom. The van der Waals surface area contributed by atoms with Crippen LogP contribution in [0.25, 0.3) is 0 Å². The van der Waals surface area contributed by atoms with E-state index in [1.807, 2.05) is 13.0 Å². The first-order chi connectivity index (χ1) is 14.7. The fourth-order valence-electron chi connectivity index (χ4n) is 2.43. The smallest absolute Gasteiger partial charge is 0.273 e. The number of rotatable bonds is 7. The second kappa shape index (κ2) is 9.86. The fraction of sp³-hybridized carbons (Fsp3) is 0.158. The van der Waals surface area contributed by atoms with Gasteiger partial charge in [0.05, 0.1) is 10.7 Å². The number of nitrogens with zero attached hydrogens (tertiary/aromatic N) is 3. The third kappa shape index (κ3) is 6.00. The largest absolute Gasteiger partial charge is 0.325 e. The number of anilines is 2. The first-order valence-electron chi connectivity index (χ1n) is 8.81. The van der Waals surface area contributed by atoms with Crippen LogP contribution < -0.4 is 10.6 Å². The SMILES string of the molecule is Cc1ccc(NC(=O)CSc2nnc(NC(=O)c3ccc(C)c([N+](=O)[O-])c3)s2)cc1Cl. The lowest BCUT2D eigenvalue weighted by Crippen LogP contribution is -2.13. The molecule has 0 aliphatic rings. The van der Waals surface area contributed by atoms with Crippen LogP contribution in [0.3, 0.4) is 0 Å². The Morgan fingerprint density at radius 1 is 1.13 bits per heavy atom. The van der Waals surface area contributed by atoms with Crippen molar-refractivity contribution in [3.05, 3.63) is 68.2 Å². The molecule has 160 valence electrons. The van der Waals surface area contributed by atoms with Crippen molar-refractivity contribution in [1.82, 2.24) is 10.2 Å². The standard InChI is InChI=1S/C19H16ClN5O4S2/c1-10-4-6-13(8-14(10)20)21-16(26)9-30-19-24-23-18(31-19)22-17(27)12-5-3-11(2)15(7-12)25(28)29/h3-8H,9H2,1-2H3,(H,21,26)(H,22,23,27). The predicted molar refractivity (Wildman–Crippen MR) is 121 cm³/mol. The third-order valence-electron chi connectivity index (χ3n) is 4.08. The molecule has 0 unspecified atom stereocenters. The van der Waals surface area contributed by atoms with Crippen molar-refractivity contribution in [1.29, 1.82) is 0 Å². The highest BCUT2D eigenvalue weighted by atomic mass is 35.5. The van der Waals surface area contributed by atoms with E-state index in [-0.39, 0.29) is 28.0 Å². The van der Waals surface area contributed by atoms with Crippen molar-refractivity contribution >= 4 is 63.0 Å². The molecule has 0 aliphatic carbocycles. The van der Waals surface area contributed by atoms with Gasteiger partial charge in [0.1, 0.15) is 0 Å². The minimum Gasteiger partial charge on any atom is -0.325 e. The lowest BCUT2D eigenvalue weighted by atomic mass is 10.1. The van der Waals surface area contributed by atoms with Gasteiger partial charge in [0.15, 0.2) is 4.34 Å². The zero-order valence-electron chi connectivity index (χ0n) is 16.3. The van der Waals surface area contributed by atoms with Gasteiger partial charge in [-0.1, -0.05) is 46.8 Å². The summed E-state index contributed by atoms with van der Waals surface area (Å²) in [6.07, 6.45) is 0. The van der Waals surface area contributed by atoms with Gasteiger partial charge in [0.25, 0.3) is 11.6 Å². The van der Waals surface area contributed by atoms with Crippen LogP contribution in [0.15, 0.2) is 40.7 Å². The molecule has 1 heterocycles. The molecule has 2 aromatic carbocycles. The minimum absolute atomic E-state index is 0.0955. The third-order valence-corrected chi connectivity index (χ3v) is 6.46. The van der Waals surface area contributed by atoms with Gasteiger partial charge < -0.3 is 5.32 Å². The van der Waals surface area contributed by atoms with Gasteiger partial charge in [-0.15, -0.1) is 10.2 Å². The molecule has 3 rings (SSSR count). The second-order valence-electron chi connectivity index (χ2n) is 6.39. The van der Waals surface area contributed by atoms with Crippen LogP contribution in [-0.4, -0.2) is 32.7 Å². The predicted octanol–water partition coefficient (Wildman–Crippen LogP) is 4.70. The number of nitrogens with one attached hydrogen (secondary N) is 2. The molecule has 0 bridgehead atoms. The molecular weight excluding hydrogens is 462 g/mol. The maximum atomic E-state index is 12.4. The van der Waals surface area contributed by atoms with Crippen LogP contribution in [-0.2, 0) is 4.79 Å². The number of carbonyl (C=O) groups excluding carboxylic acids is 2. The van der Waals surface area contributed by atoms with E-state index in [9.17, 15) is 19.7 Å². The Kier molecular flexibility index (Phi) is 7.21. The van der Waals surface area contributed by atoms with Gasteiger partial charge in [-0.2, -0.15) is 0 Å². The molecule has 2 amide bonds. The van der Waals surface area contributed by atoms with E-state index in [0.717, 1.165) is 16.9 Å². The second-order valence-corrected chi connectivity index (χ2v) is 8.99. The summed E-state index contributed by atoms with van der Waals surface area (Å²) in [6.45, 7) is 3.47. The first-order valence-corrected chi connectivity index (χ1v) is 11.0. The van der Waals surface area contributed by atoms with E-state index in [4.69, 9.17) is 11.6 Å². The van der Waals surface area contributed by atoms with Gasteiger partial charge in [-0.3, -0.25) is 25.0 Å². The normalized spacial score (nSPS) is 10.5. The van der Waals surface area contributed by atoms with E-state index in [0.29, 0.717) is 20.6 Å². The summed E-state index contributed by atoms with van der Waals surface area (Å²) in [4.78, 5) is 35.0. The van der Waals surface area contributed by atoms with Gasteiger partial charge in [0, 0.05) is 27.9 Å². The van der Waals surface area contributed by atoms with E-state index >= 15 is 0 Å². The Bertz CT molecular complexity index is 1170. The van der Waals surface area contributed by atoms with Gasteiger partial charge >= 0.3 is 0 Å². The Morgan fingerprint density at radius 2 is 1.87 bits per heavy atom. The summed E-state index contributed by atoms with van der Waals surface area (Å²) in [6, 6.07) is 9.46. The number of aryl methyl sites for hydroxylation is 2. The van der Waals surface area contributed by atoms with Crippen LogP contribution in [0.1, 0.15) is 21.5 Å². The molecule has 0 fully saturated rings. The monoisotopic (exact) mass is 477 g/mol. The molecule has 0 atom stereocenters. The molecule has 3 aromatic rings. The van der Waals surface area contributed by atoms with Gasteiger partial charge in [-0.25, -0.2) is 0 Å². The molecule has 31 heavy (non-hydrogen) atoms. The highest BCUT2D eigenvalue weighted by molar-refractivity contribution is 8.01. The quantitative estimate of drug-likeness (QED) is 0.218. The molecule has 0 aliphatic heterocycles. The lowest BCUT2D eigenvalue weighted by molar-refractivity contribution is -0.385. The molecule has 0 saturated carbocycles. The first kappa shape index (κ1) is 22.7. The number of carbonyl (C=O) groups is 2. The van der Waals surface area contributed by atoms with Crippen molar-refractivity contribution < 1.29 is 14.5 Å². The van der Waals surface area contributed by atoms with Crippen molar-refractivity contribution in [3.63, 3.8) is 0 Å². The average Bonchev–Trinajstić information content (AvgIpc) is 3.16. The van der Waals surface area contributed by atoms with Crippen LogP contribution in [0.4, 0.5) is 16.5 Å². The zero-order valence-corrected chi connectivity index (χ0v) is 18.7. The van der Waals surface area contributed by atoms with Crippen LogP contribution in [0.5, 0.6) is 0 Å². The van der Waals surface area contributed by atoms with Crippen molar-refractivity contribution in [2.24, 2.45) is 0 Å². The van der Waals surface area contributed by atoms with Crippen LogP contribution in [0.2, 0.25) is 5.02 Å². The summed E-state index contributed by atoms with van der Waals surface area (Å²) in [5.41, 5.74) is 1.97. The highest BCUT2D eigenvalue weighted by Gasteiger charge is 2.17. The number of nitro benzene ring substituents is 1. The molecule has 2 N–H and O–H groups in total. The minimum atomic E-state index is -0.540. The Balaban J connectivity index is 1.56.